The summed E-state index contributed by atoms with van der Waals surface area (Å²) in [5.41, 5.74) is 1.86. The van der Waals surface area contributed by atoms with E-state index in [4.69, 9.17) is 4.74 Å². The van der Waals surface area contributed by atoms with Crippen LogP contribution in [0.15, 0.2) is 30.3 Å². The topological polar surface area (TPSA) is 71.5 Å². The first kappa shape index (κ1) is 19.7. The third-order valence-electron chi connectivity index (χ3n) is 3.74. The van der Waals surface area contributed by atoms with E-state index in [9.17, 15) is 9.59 Å². The van der Waals surface area contributed by atoms with Gasteiger partial charge in [-0.05, 0) is 46.2 Å². The number of carbonyl (C=O) groups excluding carboxylic acids is 2. The number of nitrogens with zero attached hydrogens (tertiary/aromatic N) is 2. The first-order valence-electron chi connectivity index (χ1n) is 8.76. The number of para-hydroxylation sites is 1. The number of anilines is 1. The van der Waals surface area contributed by atoms with Crippen LogP contribution in [0.2, 0.25) is 0 Å². The predicted octanol–water partition coefficient (Wildman–Crippen LogP) is 4.13. The molecule has 2 rings (SSSR count). The Hall–Kier alpha value is -2.63. The molecule has 0 aliphatic rings. The monoisotopic (exact) mass is 357 g/mol. The molecule has 6 heteroatoms. The van der Waals surface area contributed by atoms with Crippen LogP contribution < -0.4 is 5.32 Å². The Morgan fingerprint density at radius 2 is 1.92 bits per heavy atom. The summed E-state index contributed by atoms with van der Waals surface area (Å²) in [5, 5.41) is 3.90. The molecule has 2 amide bonds. The molecule has 1 aromatic carbocycles. The largest absolute Gasteiger partial charge is 0.444 e. The number of nitrogens with one attached hydrogen (secondary N) is 1. The first-order valence-corrected chi connectivity index (χ1v) is 8.76. The summed E-state index contributed by atoms with van der Waals surface area (Å²) >= 11 is 0. The smallest absolute Gasteiger partial charge is 0.410 e. The van der Waals surface area contributed by atoms with E-state index in [2.05, 4.69) is 10.3 Å². The molecule has 0 aliphatic heterocycles. The molecule has 0 saturated heterocycles. The molecule has 0 spiro atoms. The maximum atomic E-state index is 12.2. The third kappa shape index (κ3) is 5.72. The van der Waals surface area contributed by atoms with Gasteiger partial charge in [0.05, 0.1) is 11.2 Å². The van der Waals surface area contributed by atoms with Crippen LogP contribution in [0.3, 0.4) is 0 Å². The van der Waals surface area contributed by atoms with E-state index in [0.29, 0.717) is 25.1 Å². The van der Waals surface area contributed by atoms with Crippen LogP contribution in [0.25, 0.3) is 10.9 Å². The maximum Gasteiger partial charge on any atom is 0.410 e. The SMILES string of the molecule is Cc1ccc2cccc(NC(=O)CCCN(C)C(=O)OC(C)(C)C)c2n1. The van der Waals surface area contributed by atoms with E-state index in [0.717, 1.165) is 16.6 Å². The molecule has 1 N–H and O–H groups in total. The molecule has 0 saturated carbocycles. The number of ether oxygens (including phenoxy) is 1. The van der Waals surface area contributed by atoms with E-state index in [1.807, 2.05) is 58.0 Å². The van der Waals surface area contributed by atoms with E-state index < -0.39 is 5.60 Å². The zero-order valence-electron chi connectivity index (χ0n) is 16.1. The number of fused-ring (bicyclic) bond motifs is 1. The molecule has 0 atom stereocenters. The molecule has 1 aromatic heterocycles. The minimum Gasteiger partial charge on any atom is -0.444 e. The van der Waals surface area contributed by atoms with Gasteiger partial charge in [0.25, 0.3) is 0 Å². The number of carbonyl (C=O) groups is 2. The molecule has 0 unspecified atom stereocenters. The van der Waals surface area contributed by atoms with Gasteiger partial charge in [-0.1, -0.05) is 18.2 Å². The molecular weight excluding hydrogens is 330 g/mol. The van der Waals surface area contributed by atoms with E-state index >= 15 is 0 Å². The number of hydrogen-bond acceptors (Lipinski definition) is 4. The molecule has 0 radical (unpaired) electrons. The van der Waals surface area contributed by atoms with Gasteiger partial charge in [-0.2, -0.15) is 0 Å². The minimum absolute atomic E-state index is 0.0987. The molecule has 2 aromatic rings. The lowest BCUT2D eigenvalue weighted by molar-refractivity contribution is -0.116. The summed E-state index contributed by atoms with van der Waals surface area (Å²) in [7, 11) is 1.67. The predicted molar refractivity (Wildman–Crippen MR) is 103 cm³/mol. The molecule has 140 valence electrons. The van der Waals surface area contributed by atoms with Crippen LogP contribution in [0.5, 0.6) is 0 Å². The van der Waals surface area contributed by atoms with Crippen molar-refractivity contribution in [3.8, 4) is 0 Å². The van der Waals surface area contributed by atoms with Crippen molar-refractivity contribution in [2.24, 2.45) is 0 Å². The summed E-state index contributed by atoms with van der Waals surface area (Å²) in [6.45, 7) is 7.85. The minimum atomic E-state index is -0.526. The van der Waals surface area contributed by atoms with Crippen molar-refractivity contribution in [3.63, 3.8) is 0 Å². The summed E-state index contributed by atoms with van der Waals surface area (Å²) in [6, 6.07) is 9.64. The second-order valence-electron chi connectivity index (χ2n) is 7.38. The van der Waals surface area contributed by atoms with Crippen LogP contribution in [0.4, 0.5) is 10.5 Å². The number of rotatable bonds is 5. The number of amides is 2. The Morgan fingerprint density at radius 1 is 1.19 bits per heavy atom. The average Bonchev–Trinajstić information content (AvgIpc) is 2.53. The van der Waals surface area contributed by atoms with Crippen molar-refractivity contribution in [2.75, 3.05) is 18.9 Å². The van der Waals surface area contributed by atoms with Gasteiger partial charge in [0.1, 0.15) is 5.60 Å². The quantitative estimate of drug-likeness (QED) is 0.873. The van der Waals surface area contributed by atoms with Crippen LogP contribution in [-0.2, 0) is 9.53 Å². The highest BCUT2D eigenvalue weighted by Gasteiger charge is 2.19. The second-order valence-corrected chi connectivity index (χ2v) is 7.38. The average molecular weight is 357 g/mol. The maximum absolute atomic E-state index is 12.2. The molecule has 6 nitrogen and oxygen atoms in total. The van der Waals surface area contributed by atoms with E-state index in [-0.39, 0.29) is 12.0 Å². The fourth-order valence-electron chi connectivity index (χ4n) is 2.47. The van der Waals surface area contributed by atoms with Crippen molar-refractivity contribution in [1.29, 1.82) is 0 Å². The lowest BCUT2D eigenvalue weighted by atomic mass is 10.1. The number of aromatic nitrogens is 1. The van der Waals surface area contributed by atoms with Crippen LogP contribution >= 0.6 is 0 Å². The lowest BCUT2D eigenvalue weighted by Gasteiger charge is -2.24. The number of aryl methyl sites for hydroxylation is 1. The van der Waals surface area contributed by atoms with Gasteiger partial charge in [0.15, 0.2) is 0 Å². The molecule has 26 heavy (non-hydrogen) atoms. The highest BCUT2D eigenvalue weighted by Crippen LogP contribution is 2.22. The summed E-state index contributed by atoms with van der Waals surface area (Å²) in [5.74, 6) is -0.0987. The van der Waals surface area contributed by atoms with Gasteiger partial charge in [-0.15, -0.1) is 0 Å². The van der Waals surface area contributed by atoms with Crippen molar-refractivity contribution in [3.05, 3.63) is 36.0 Å². The van der Waals surface area contributed by atoms with E-state index in [1.165, 1.54) is 4.90 Å². The van der Waals surface area contributed by atoms with Crippen molar-refractivity contribution in [1.82, 2.24) is 9.88 Å². The van der Waals surface area contributed by atoms with Crippen LogP contribution in [0, 0.1) is 6.92 Å². The van der Waals surface area contributed by atoms with Gasteiger partial charge in [0, 0.05) is 31.1 Å². The van der Waals surface area contributed by atoms with Crippen molar-refractivity contribution in [2.45, 2.75) is 46.1 Å². The Balaban J connectivity index is 1.88. The summed E-state index contributed by atoms with van der Waals surface area (Å²) in [4.78, 5) is 30.1. The fraction of sp³-hybridized carbons (Fsp3) is 0.450. The Kier molecular flexibility index (Phi) is 6.18. The number of pyridine rings is 1. The Morgan fingerprint density at radius 3 is 2.62 bits per heavy atom. The fourth-order valence-corrected chi connectivity index (χ4v) is 2.47. The van der Waals surface area contributed by atoms with Gasteiger partial charge in [-0.3, -0.25) is 9.78 Å². The van der Waals surface area contributed by atoms with Gasteiger partial charge in [-0.25, -0.2) is 4.79 Å². The van der Waals surface area contributed by atoms with Crippen LogP contribution in [0.1, 0.15) is 39.3 Å². The first-order chi connectivity index (χ1) is 12.2. The highest BCUT2D eigenvalue weighted by molar-refractivity contribution is 6.00. The second kappa shape index (κ2) is 8.17. The Labute approximate surface area is 154 Å². The van der Waals surface area contributed by atoms with Gasteiger partial charge < -0.3 is 15.0 Å². The lowest BCUT2D eigenvalue weighted by Crippen LogP contribution is -2.35. The third-order valence-corrected chi connectivity index (χ3v) is 3.74. The Bertz CT molecular complexity index is 796. The van der Waals surface area contributed by atoms with Crippen molar-refractivity contribution < 1.29 is 14.3 Å². The molecule has 0 bridgehead atoms. The van der Waals surface area contributed by atoms with Crippen LogP contribution in [-0.4, -0.2) is 41.1 Å². The van der Waals surface area contributed by atoms with Gasteiger partial charge >= 0.3 is 6.09 Å². The van der Waals surface area contributed by atoms with Crippen molar-refractivity contribution >= 4 is 28.6 Å². The van der Waals surface area contributed by atoms with Gasteiger partial charge in [0.2, 0.25) is 5.91 Å². The summed E-state index contributed by atoms with van der Waals surface area (Å²) < 4.78 is 5.29. The molecule has 0 fully saturated rings. The number of benzene rings is 1. The zero-order valence-corrected chi connectivity index (χ0v) is 16.1. The van der Waals surface area contributed by atoms with E-state index in [1.54, 1.807) is 7.05 Å². The molecular formula is C20H27N3O3. The highest BCUT2D eigenvalue weighted by atomic mass is 16.6. The molecule has 1 heterocycles. The zero-order chi connectivity index (χ0) is 19.3. The number of hydrogen-bond donors (Lipinski definition) is 1. The molecule has 0 aliphatic carbocycles. The standard InChI is InChI=1S/C20H27N3O3/c1-14-11-12-15-8-6-9-16(18(15)21-14)22-17(24)10-7-13-23(5)19(25)26-20(2,3)4/h6,8-9,11-12H,7,10,13H2,1-5H3,(H,22,24). The normalized spacial score (nSPS) is 11.3. The summed E-state index contributed by atoms with van der Waals surface area (Å²) in [6.07, 6.45) is 0.486.